The van der Waals surface area contributed by atoms with Gasteiger partial charge in [0.2, 0.25) is 0 Å². The first-order valence-electron chi connectivity index (χ1n) is 5.62. The lowest BCUT2D eigenvalue weighted by Crippen LogP contribution is -2.50. The van der Waals surface area contributed by atoms with Gasteiger partial charge in [-0.2, -0.15) is 0 Å². The van der Waals surface area contributed by atoms with Gasteiger partial charge in [-0.05, 0) is 33.5 Å². The molecular weight excluding hydrogens is 194 g/mol. The van der Waals surface area contributed by atoms with E-state index in [9.17, 15) is 0 Å². The maximum Gasteiger partial charge on any atom is 0.349 e. The molecule has 0 saturated carbocycles. The van der Waals surface area contributed by atoms with Gasteiger partial charge in [0, 0.05) is 19.4 Å². The predicted octanol–water partition coefficient (Wildman–Crippen LogP) is 2.01. The molecule has 0 aromatic rings. The van der Waals surface area contributed by atoms with Gasteiger partial charge < -0.3 is 13.8 Å². The maximum atomic E-state index is 5.78. The van der Waals surface area contributed by atoms with Crippen LogP contribution in [0.4, 0.5) is 0 Å². The van der Waals surface area contributed by atoms with Gasteiger partial charge in [0.25, 0.3) is 0 Å². The number of rotatable bonds is 8. The summed E-state index contributed by atoms with van der Waals surface area (Å²) in [6, 6.07) is 0. The van der Waals surface area contributed by atoms with Gasteiger partial charge in [0.05, 0.1) is 0 Å². The standard InChI is InChI=1S/C10H25NO2Si/c1-6-11(7-2)10-14(5,12-8-3)13-9-4/h6-10H2,1-5H3. The third kappa shape index (κ3) is 5.10. The van der Waals surface area contributed by atoms with Crippen molar-refractivity contribution in [3.05, 3.63) is 0 Å². The van der Waals surface area contributed by atoms with E-state index in [1.54, 1.807) is 0 Å². The van der Waals surface area contributed by atoms with Crippen LogP contribution in [-0.2, 0) is 8.85 Å². The SMILES string of the molecule is CCO[Si](C)(CN(CC)CC)OCC. The summed E-state index contributed by atoms with van der Waals surface area (Å²) in [4.78, 5) is 2.37. The Hall–Kier alpha value is 0.0969. The third-order valence-electron chi connectivity index (χ3n) is 2.30. The first-order valence-corrected chi connectivity index (χ1v) is 8.14. The van der Waals surface area contributed by atoms with Crippen molar-refractivity contribution in [2.24, 2.45) is 0 Å². The molecule has 0 aromatic carbocycles. The molecule has 0 fully saturated rings. The zero-order valence-corrected chi connectivity index (χ0v) is 11.3. The average Bonchev–Trinajstić information content (AvgIpc) is 2.15. The number of hydrogen-bond acceptors (Lipinski definition) is 3. The second-order valence-electron chi connectivity index (χ2n) is 3.46. The molecule has 0 radical (unpaired) electrons. The van der Waals surface area contributed by atoms with Gasteiger partial charge in [-0.1, -0.05) is 13.8 Å². The molecule has 0 amide bonds. The normalized spacial score (nSPS) is 12.4. The second kappa shape index (κ2) is 7.40. The van der Waals surface area contributed by atoms with Crippen molar-refractivity contribution in [1.82, 2.24) is 4.90 Å². The Morgan fingerprint density at radius 2 is 1.36 bits per heavy atom. The smallest absolute Gasteiger partial charge is 0.349 e. The van der Waals surface area contributed by atoms with Gasteiger partial charge in [0.15, 0.2) is 0 Å². The van der Waals surface area contributed by atoms with E-state index in [1.165, 1.54) is 0 Å². The van der Waals surface area contributed by atoms with Crippen molar-refractivity contribution < 1.29 is 8.85 Å². The zero-order valence-electron chi connectivity index (χ0n) is 10.3. The van der Waals surface area contributed by atoms with E-state index in [0.717, 1.165) is 32.5 Å². The summed E-state index contributed by atoms with van der Waals surface area (Å²) in [6.45, 7) is 14.2. The lowest BCUT2D eigenvalue weighted by atomic mass is 10.6. The summed E-state index contributed by atoms with van der Waals surface area (Å²) < 4.78 is 11.6. The largest absolute Gasteiger partial charge is 0.394 e. The highest BCUT2D eigenvalue weighted by Gasteiger charge is 2.32. The van der Waals surface area contributed by atoms with Crippen LogP contribution in [0, 0.1) is 0 Å². The Kier molecular flexibility index (Phi) is 7.45. The maximum absolute atomic E-state index is 5.78. The molecule has 0 atom stereocenters. The number of nitrogens with zero attached hydrogens (tertiary/aromatic N) is 1. The van der Waals surface area contributed by atoms with E-state index in [1.807, 2.05) is 13.8 Å². The average molecular weight is 219 g/mol. The lowest BCUT2D eigenvalue weighted by molar-refractivity contribution is 0.167. The molecule has 0 aliphatic heterocycles. The van der Waals surface area contributed by atoms with Gasteiger partial charge in [-0.3, -0.25) is 0 Å². The van der Waals surface area contributed by atoms with Gasteiger partial charge in [0.1, 0.15) is 0 Å². The predicted molar refractivity (Wildman–Crippen MR) is 62.7 cm³/mol. The monoisotopic (exact) mass is 219 g/mol. The van der Waals surface area contributed by atoms with Crippen LogP contribution in [0.2, 0.25) is 6.55 Å². The number of hydrogen-bond donors (Lipinski definition) is 0. The van der Waals surface area contributed by atoms with Crippen LogP contribution < -0.4 is 0 Å². The molecule has 0 N–H and O–H groups in total. The molecular formula is C10H25NO2Si. The van der Waals surface area contributed by atoms with Crippen molar-refractivity contribution in [2.45, 2.75) is 34.2 Å². The molecule has 0 bridgehead atoms. The fraction of sp³-hybridized carbons (Fsp3) is 1.00. The molecule has 0 heterocycles. The zero-order chi connectivity index (χ0) is 11.0. The molecule has 0 aliphatic rings. The Morgan fingerprint density at radius 3 is 1.64 bits per heavy atom. The highest BCUT2D eigenvalue weighted by atomic mass is 28.4. The summed E-state index contributed by atoms with van der Waals surface area (Å²) in [5, 5.41) is 0. The van der Waals surface area contributed by atoms with Crippen LogP contribution in [0.5, 0.6) is 0 Å². The van der Waals surface area contributed by atoms with Crippen LogP contribution >= 0.6 is 0 Å². The summed E-state index contributed by atoms with van der Waals surface area (Å²) >= 11 is 0. The van der Waals surface area contributed by atoms with Crippen LogP contribution in [0.15, 0.2) is 0 Å². The van der Waals surface area contributed by atoms with Gasteiger partial charge in [-0.25, -0.2) is 0 Å². The minimum absolute atomic E-state index is 0.754. The first kappa shape index (κ1) is 14.1. The summed E-state index contributed by atoms with van der Waals surface area (Å²) in [6.07, 6.45) is 0.974. The Morgan fingerprint density at radius 1 is 0.929 bits per heavy atom. The summed E-state index contributed by atoms with van der Waals surface area (Å²) in [5.41, 5.74) is 0. The van der Waals surface area contributed by atoms with E-state index >= 15 is 0 Å². The first-order chi connectivity index (χ1) is 6.61. The molecule has 0 aliphatic carbocycles. The molecule has 14 heavy (non-hydrogen) atoms. The molecule has 0 rings (SSSR count). The molecule has 0 saturated heterocycles. The molecule has 0 aromatic heterocycles. The van der Waals surface area contributed by atoms with Gasteiger partial charge in [-0.15, -0.1) is 0 Å². The van der Waals surface area contributed by atoms with E-state index in [0.29, 0.717) is 0 Å². The van der Waals surface area contributed by atoms with E-state index in [4.69, 9.17) is 8.85 Å². The van der Waals surface area contributed by atoms with Crippen molar-refractivity contribution in [1.29, 1.82) is 0 Å². The van der Waals surface area contributed by atoms with Crippen LogP contribution in [-0.4, -0.2) is 45.9 Å². The molecule has 0 unspecified atom stereocenters. The lowest BCUT2D eigenvalue weighted by Gasteiger charge is -2.31. The summed E-state index contributed by atoms with van der Waals surface area (Å²) in [5.74, 6) is 0. The molecule has 86 valence electrons. The van der Waals surface area contributed by atoms with E-state index in [2.05, 4.69) is 25.3 Å². The Labute approximate surface area is 89.6 Å². The molecule has 0 spiro atoms. The van der Waals surface area contributed by atoms with Gasteiger partial charge >= 0.3 is 8.56 Å². The summed E-state index contributed by atoms with van der Waals surface area (Å²) in [7, 11) is -1.93. The Bertz CT molecular complexity index is 134. The highest BCUT2D eigenvalue weighted by molar-refractivity contribution is 6.66. The topological polar surface area (TPSA) is 21.7 Å². The fourth-order valence-corrected chi connectivity index (χ4v) is 4.34. The third-order valence-corrected chi connectivity index (χ3v) is 5.12. The minimum Gasteiger partial charge on any atom is -0.394 e. The molecule has 4 heteroatoms. The minimum atomic E-state index is -1.93. The van der Waals surface area contributed by atoms with E-state index in [-0.39, 0.29) is 0 Å². The quantitative estimate of drug-likeness (QED) is 0.583. The second-order valence-corrected chi connectivity index (χ2v) is 6.62. The van der Waals surface area contributed by atoms with Crippen molar-refractivity contribution >= 4 is 8.56 Å². The Balaban J connectivity index is 4.17. The van der Waals surface area contributed by atoms with Crippen LogP contribution in [0.25, 0.3) is 0 Å². The van der Waals surface area contributed by atoms with Crippen LogP contribution in [0.1, 0.15) is 27.7 Å². The van der Waals surface area contributed by atoms with Crippen molar-refractivity contribution in [3.63, 3.8) is 0 Å². The highest BCUT2D eigenvalue weighted by Crippen LogP contribution is 2.09. The van der Waals surface area contributed by atoms with Crippen molar-refractivity contribution in [3.8, 4) is 0 Å². The van der Waals surface area contributed by atoms with E-state index < -0.39 is 8.56 Å². The van der Waals surface area contributed by atoms with Crippen molar-refractivity contribution in [2.75, 3.05) is 32.5 Å². The molecule has 3 nitrogen and oxygen atoms in total. The fourth-order valence-electron chi connectivity index (χ4n) is 1.60. The van der Waals surface area contributed by atoms with Crippen LogP contribution in [0.3, 0.4) is 0 Å².